The predicted octanol–water partition coefficient (Wildman–Crippen LogP) is 2.91. The Morgan fingerprint density at radius 3 is 2.54 bits per heavy atom. The van der Waals surface area contributed by atoms with Gasteiger partial charge in [0.25, 0.3) is 5.56 Å². The van der Waals surface area contributed by atoms with Gasteiger partial charge in [0.2, 0.25) is 0 Å². The van der Waals surface area contributed by atoms with E-state index in [4.69, 9.17) is 9.73 Å². The maximum Gasteiger partial charge on any atom is 0.250 e. The van der Waals surface area contributed by atoms with Gasteiger partial charge in [0, 0.05) is 36.0 Å². The van der Waals surface area contributed by atoms with Crippen molar-refractivity contribution < 1.29 is 4.74 Å². The summed E-state index contributed by atoms with van der Waals surface area (Å²) in [6.45, 7) is 0.473. The Labute approximate surface area is 154 Å². The molecule has 4 rings (SSSR count). The van der Waals surface area contributed by atoms with Gasteiger partial charge in [-0.2, -0.15) is 0 Å². The van der Waals surface area contributed by atoms with Gasteiger partial charge in [-0.15, -0.1) is 9.24 Å². The van der Waals surface area contributed by atoms with Gasteiger partial charge in [-0.05, 0) is 34.6 Å². The van der Waals surface area contributed by atoms with E-state index in [0.29, 0.717) is 6.54 Å². The Kier molecular flexibility index (Phi) is 4.21. The van der Waals surface area contributed by atoms with Gasteiger partial charge in [-0.25, -0.2) is 0 Å². The van der Waals surface area contributed by atoms with Crippen LogP contribution in [0.2, 0.25) is 0 Å². The van der Waals surface area contributed by atoms with Crippen molar-refractivity contribution in [3.8, 4) is 16.9 Å². The maximum absolute atomic E-state index is 12.1. The number of aryl methyl sites for hydroxylation is 1. The third-order valence-electron chi connectivity index (χ3n) is 4.68. The molecule has 3 aromatic rings. The number of aromatic nitrogens is 1. The van der Waals surface area contributed by atoms with E-state index in [2.05, 4.69) is 33.5 Å². The van der Waals surface area contributed by atoms with Gasteiger partial charge in [0.15, 0.2) is 0 Å². The third kappa shape index (κ3) is 2.87. The van der Waals surface area contributed by atoms with Crippen LogP contribution in [0.1, 0.15) is 16.7 Å². The van der Waals surface area contributed by atoms with Gasteiger partial charge in [-0.1, -0.05) is 24.3 Å². The van der Waals surface area contributed by atoms with Crippen LogP contribution in [0, 0.1) is 0 Å². The second kappa shape index (κ2) is 6.54. The molecular weight excluding hydrogens is 343 g/mol. The number of fused-ring (bicyclic) bond motifs is 3. The number of aliphatic imine (C=N–C) groups is 1. The van der Waals surface area contributed by atoms with Crippen molar-refractivity contribution in [2.24, 2.45) is 12.0 Å². The zero-order valence-corrected chi connectivity index (χ0v) is 15.8. The number of pyridine rings is 1. The van der Waals surface area contributed by atoms with Crippen LogP contribution >= 0.6 is 9.24 Å². The Morgan fingerprint density at radius 2 is 1.81 bits per heavy atom. The largest absolute Gasteiger partial charge is 0.497 e. The first-order chi connectivity index (χ1) is 12.6. The molecule has 5 heteroatoms. The molecule has 1 aliphatic heterocycles. The molecule has 0 radical (unpaired) electrons. The van der Waals surface area contributed by atoms with E-state index in [1.807, 2.05) is 24.4 Å². The summed E-state index contributed by atoms with van der Waals surface area (Å²) in [6, 6.07) is 15.9. The zero-order chi connectivity index (χ0) is 18.3. The molecule has 0 saturated carbocycles. The predicted molar refractivity (Wildman–Crippen MR) is 109 cm³/mol. The van der Waals surface area contributed by atoms with E-state index in [9.17, 15) is 4.79 Å². The number of methoxy groups -OCH3 is 1. The molecule has 0 N–H and O–H groups in total. The average molecular weight is 362 g/mol. The lowest BCUT2D eigenvalue weighted by atomic mass is 9.93. The number of benzene rings is 2. The summed E-state index contributed by atoms with van der Waals surface area (Å²) in [7, 11) is 6.13. The Balaban J connectivity index is 2.00. The number of nitrogens with zero attached hydrogens (tertiary/aromatic N) is 2. The minimum Gasteiger partial charge on any atom is -0.497 e. The van der Waals surface area contributed by atoms with Crippen molar-refractivity contribution >= 4 is 20.3 Å². The molecule has 1 aromatic heterocycles. The van der Waals surface area contributed by atoms with E-state index in [1.165, 1.54) is 0 Å². The lowest BCUT2D eigenvalue weighted by Gasteiger charge is -2.14. The molecule has 0 saturated heterocycles. The van der Waals surface area contributed by atoms with E-state index in [1.54, 1.807) is 24.8 Å². The first-order valence-electron chi connectivity index (χ1n) is 8.35. The highest BCUT2D eigenvalue weighted by molar-refractivity contribution is 7.27. The van der Waals surface area contributed by atoms with Gasteiger partial charge in [0.05, 0.1) is 19.4 Å². The van der Waals surface area contributed by atoms with Gasteiger partial charge >= 0.3 is 0 Å². The van der Waals surface area contributed by atoms with E-state index >= 15 is 0 Å². The minimum absolute atomic E-state index is 0.0285. The SMILES string of the molecule is COc1ccc2c(c1)-c1cn(C)c(=O)cc1CN=C2c1ccc(P)cc1. The van der Waals surface area contributed by atoms with E-state index in [0.717, 1.165) is 44.6 Å². The average Bonchev–Trinajstić information content (AvgIpc) is 2.80. The Hall–Kier alpha value is -2.71. The summed E-state index contributed by atoms with van der Waals surface area (Å²) in [4.78, 5) is 17.0. The van der Waals surface area contributed by atoms with Crippen LogP contribution in [0.25, 0.3) is 11.1 Å². The van der Waals surface area contributed by atoms with Crippen LogP contribution in [-0.4, -0.2) is 17.4 Å². The quantitative estimate of drug-likeness (QED) is 0.658. The molecule has 1 atom stereocenters. The molecule has 1 unspecified atom stereocenters. The molecule has 26 heavy (non-hydrogen) atoms. The standard InChI is InChI=1S/C21H19N2O2P/c1-23-12-19-14(9-20(23)24)11-22-21(13-3-6-16(26)7-4-13)17-8-5-15(25-2)10-18(17)19/h3-10,12H,11,26H2,1-2H3. The molecule has 0 fully saturated rings. The molecule has 0 bridgehead atoms. The number of ether oxygens (including phenoxy) is 1. The number of rotatable bonds is 2. The molecule has 0 spiro atoms. The molecule has 2 aromatic carbocycles. The van der Waals surface area contributed by atoms with Crippen molar-refractivity contribution in [1.29, 1.82) is 0 Å². The summed E-state index contributed by atoms with van der Waals surface area (Å²) >= 11 is 0. The van der Waals surface area contributed by atoms with Crippen LogP contribution in [0.5, 0.6) is 5.75 Å². The van der Waals surface area contributed by atoms with Crippen LogP contribution in [0.15, 0.2) is 64.5 Å². The van der Waals surface area contributed by atoms with Crippen LogP contribution in [-0.2, 0) is 13.6 Å². The minimum atomic E-state index is -0.0285. The molecule has 4 nitrogen and oxygen atoms in total. The maximum atomic E-state index is 12.1. The van der Waals surface area contributed by atoms with Gasteiger partial charge in [0.1, 0.15) is 5.75 Å². The Morgan fingerprint density at radius 1 is 1.04 bits per heavy atom. The molecule has 1 aliphatic rings. The van der Waals surface area contributed by atoms with Crippen molar-refractivity contribution in [1.82, 2.24) is 4.57 Å². The summed E-state index contributed by atoms with van der Waals surface area (Å²) in [5.41, 5.74) is 5.98. The molecule has 130 valence electrons. The number of hydrogen-bond acceptors (Lipinski definition) is 3. The molecule has 0 amide bonds. The van der Waals surface area contributed by atoms with Crippen molar-refractivity contribution in [3.05, 3.63) is 81.8 Å². The van der Waals surface area contributed by atoms with Crippen molar-refractivity contribution in [3.63, 3.8) is 0 Å². The highest BCUT2D eigenvalue weighted by Crippen LogP contribution is 2.34. The fourth-order valence-electron chi connectivity index (χ4n) is 3.26. The molecule has 0 aliphatic carbocycles. The van der Waals surface area contributed by atoms with Crippen LogP contribution in [0.4, 0.5) is 0 Å². The molecular formula is C21H19N2O2P. The van der Waals surface area contributed by atoms with Crippen molar-refractivity contribution in [2.45, 2.75) is 6.54 Å². The van der Waals surface area contributed by atoms with E-state index < -0.39 is 0 Å². The smallest absolute Gasteiger partial charge is 0.250 e. The molecule has 2 heterocycles. The normalized spacial score (nSPS) is 12.7. The summed E-state index contributed by atoms with van der Waals surface area (Å²) < 4.78 is 7.04. The van der Waals surface area contributed by atoms with Crippen LogP contribution in [0.3, 0.4) is 0 Å². The van der Waals surface area contributed by atoms with Crippen LogP contribution < -0.4 is 15.6 Å². The van der Waals surface area contributed by atoms with Gasteiger partial charge in [-0.3, -0.25) is 9.79 Å². The lowest BCUT2D eigenvalue weighted by Crippen LogP contribution is -2.16. The van der Waals surface area contributed by atoms with Gasteiger partial charge < -0.3 is 9.30 Å². The fourth-order valence-corrected chi connectivity index (χ4v) is 3.45. The summed E-state index contributed by atoms with van der Waals surface area (Å²) in [6.07, 6.45) is 1.89. The van der Waals surface area contributed by atoms with E-state index in [-0.39, 0.29) is 5.56 Å². The first kappa shape index (κ1) is 16.7. The third-order valence-corrected chi connectivity index (χ3v) is 5.06. The summed E-state index contributed by atoms with van der Waals surface area (Å²) in [5, 5.41) is 1.13. The van der Waals surface area contributed by atoms with Crippen molar-refractivity contribution in [2.75, 3.05) is 7.11 Å². The zero-order valence-electron chi connectivity index (χ0n) is 14.7. The summed E-state index contributed by atoms with van der Waals surface area (Å²) in [5.74, 6) is 0.783. The second-order valence-electron chi connectivity index (χ2n) is 6.36. The fraction of sp³-hybridized carbons (Fsp3) is 0.143. The number of hydrogen-bond donors (Lipinski definition) is 0. The lowest BCUT2D eigenvalue weighted by molar-refractivity contribution is 0.415. The monoisotopic (exact) mass is 362 g/mol. The highest BCUT2D eigenvalue weighted by atomic mass is 31.0. The Bertz CT molecular complexity index is 1080. The highest BCUT2D eigenvalue weighted by Gasteiger charge is 2.20. The topological polar surface area (TPSA) is 43.6 Å². The first-order valence-corrected chi connectivity index (χ1v) is 8.93. The second-order valence-corrected chi connectivity index (χ2v) is 7.03.